The number of amides is 1. The van der Waals surface area contributed by atoms with Crippen LogP contribution in [0.15, 0.2) is 29.1 Å². The van der Waals surface area contributed by atoms with Gasteiger partial charge in [-0.1, -0.05) is 18.3 Å². The molecule has 0 saturated carbocycles. The first-order valence-electron chi connectivity index (χ1n) is 8.23. The molecule has 0 unspecified atom stereocenters. The summed E-state index contributed by atoms with van der Waals surface area (Å²) < 4.78 is 24.8. The number of nitrogens with zero attached hydrogens (tertiary/aromatic N) is 2. The summed E-state index contributed by atoms with van der Waals surface area (Å²) in [5.41, 5.74) is 0.984. The number of rotatable bonds is 3. The third-order valence-corrected chi connectivity index (χ3v) is 4.89. The van der Waals surface area contributed by atoms with Gasteiger partial charge in [0.05, 0.1) is 10.2 Å². The first kappa shape index (κ1) is 16.0. The number of ether oxygens (including phenoxy) is 4. The molecule has 1 aromatic carbocycles. The fraction of sp³-hybridized carbons (Fsp3) is 0.412. The number of carbonyl (C=O) groups is 1. The molecule has 7 nitrogen and oxygen atoms in total. The highest BCUT2D eigenvalue weighted by atomic mass is 32.1. The van der Waals surface area contributed by atoms with Crippen LogP contribution in [-0.4, -0.2) is 36.9 Å². The van der Waals surface area contributed by atoms with Crippen molar-refractivity contribution in [2.24, 2.45) is 4.99 Å². The van der Waals surface area contributed by atoms with E-state index in [0.29, 0.717) is 31.2 Å². The van der Waals surface area contributed by atoms with Crippen LogP contribution in [0.1, 0.15) is 13.3 Å². The molecule has 132 valence electrons. The first-order valence-corrected chi connectivity index (χ1v) is 9.04. The van der Waals surface area contributed by atoms with Crippen LogP contribution in [0.3, 0.4) is 0 Å². The summed E-state index contributed by atoms with van der Waals surface area (Å²) in [7, 11) is 0. The fourth-order valence-electron chi connectivity index (χ4n) is 2.75. The zero-order valence-corrected chi connectivity index (χ0v) is 14.6. The Labute approximate surface area is 148 Å². The van der Waals surface area contributed by atoms with Crippen molar-refractivity contribution in [3.05, 3.63) is 29.0 Å². The molecule has 2 aliphatic rings. The van der Waals surface area contributed by atoms with E-state index in [1.54, 1.807) is 0 Å². The Kier molecular flexibility index (Phi) is 4.35. The summed E-state index contributed by atoms with van der Waals surface area (Å²) >= 11 is 1.45. The van der Waals surface area contributed by atoms with Gasteiger partial charge in [0.2, 0.25) is 5.76 Å². The van der Waals surface area contributed by atoms with Gasteiger partial charge in [-0.05, 0) is 6.42 Å². The summed E-state index contributed by atoms with van der Waals surface area (Å²) in [4.78, 5) is 17.2. The summed E-state index contributed by atoms with van der Waals surface area (Å²) in [6.07, 6.45) is 2.25. The second kappa shape index (κ2) is 6.79. The minimum Gasteiger partial charge on any atom is -0.494 e. The summed E-state index contributed by atoms with van der Waals surface area (Å²) in [6.45, 7) is 4.72. The van der Waals surface area contributed by atoms with Gasteiger partial charge in [0.15, 0.2) is 16.3 Å². The summed E-state index contributed by atoms with van der Waals surface area (Å²) in [6, 6.07) is 3.91. The Hall–Kier alpha value is -2.48. The predicted molar refractivity (Wildman–Crippen MR) is 91.7 cm³/mol. The van der Waals surface area contributed by atoms with Crippen molar-refractivity contribution >= 4 is 27.5 Å². The number of thiazole rings is 1. The minimum absolute atomic E-state index is 0.137. The predicted octanol–water partition coefficient (Wildman–Crippen LogP) is 2.20. The van der Waals surface area contributed by atoms with Crippen LogP contribution < -0.4 is 14.3 Å². The molecule has 0 bridgehead atoms. The lowest BCUT2D eigenvalue weighted by Gasteiger charge is -2.18. The second-order valence-electron chi connectivity index (χ2n) is 5.62. The second-order valence-corrected chi connectivity index (χ2v) is 6.63. The molecule has 1 aromatic heterocycles. The van der Waals surface area contributed by atoms with Crippen molar-refractivity contribution in [3.8, 4) is 11.5 Å². The monoisotopic (exact) mass is 362 g/mol. The maximum Gasteiger partial charge on any atom is 0.317 e. The average Bonchev–Trinajstić information content (AvgIpc) is 2.97. The van der Waals surface area contributed by atoms with Crippen molar-refractivity contribution in [3.63, 3.8) is 0 Å². The summed E-state index contributed by atoms with van der Waals surface area (Å²) in [5, 5.41) is 0. The van der Waals surface area contributed by atoms with Gasteiger partial charge in [0.25, 0.3) is 0 Å². The molecule has 0 aliphatic carbocycles. The van der Waals surface area contributed by atoms with E-state index in [2.05, 4.69) is 11.9 Å². The molecule has 0 spiro atoms. The molecule has 25 heavy (non-hydrogen) atoms. The number of aromatic nitrogens is 1. The average molecular weight is 362 g/mol. The van der Waals surface area contributed by atoms with Gasteiger partial charge in [-0.2, -0.15) is 4.99 Å². The molecule has 2 aliphatic heterocycles. The molecule has 3 heterocycles. The molecule has 0 N–H and O–H groups in total. The Morgan fingerprint density at radius 2 is 1.92 bits per heavy atom. The Balaban J connectivity index is 1.82. The molecule has 0 radical (unpaired) electrons. The summed E-state index contributed by atoms with van der Waals surface area (Å²) in [5.74, 6) is 1.16. The minimum atomic E-state index is -0.437. The van der Waals surface area contributed by atoms with E-state index < -0.39 is 5.91 Å². The zero-order valence-electron chi connectivity index (χ0n) is 13.8. The number of carbonyl (C=O) groups excluding carboxylic acids is 1. The quantitative estimate of drug-likeness (QED) is 0.837. The Morgan fingerprint density at radius 1 is 1.16 bits per heavy atom. The van der Waals surface area contributed by atoms with Crippen LogP contribution in [0.25, 0.3) is 10.2 Å². The van der Waals surface area contributed by atoms with Crippen LogP contribution in [0.4, 0.5) is 0 Å². The van der Waals surface area contributed by atoms with E-state index in [0.717, 1.165) is 34.7 Å². The Morgan fingerprint density at radius 3 is 2.64 bits per heavy atom. The third-order valence-electron chi connectivity index (χ3n) is 3.85. The van der Waals surface area contributed by atoms with E-state index in [-0.39, 0.29) is 5.76 Å². The van der Waals surface area contributed by atoms with Gasteiger partial charge in [0, 0.05) is 18.7 Å². The van der Waals surface area contributed by atoms with Crippen molar-refractivity contribution in [2.75, 3.05) is 26.4 Å². The topological polar surface area (TPSA) is 71.3 Å². The molecule has 1 amide bonds. The van der Waals surface area contributed by atoms with Crippen LogP contribution in [-0.2, 0) is 20.8 Å². The molecule has 4 rings (SSSR count). The SMILES string of the molecule is CCCn1c(=NC(=O)C2=COCCO2)sc2cc3c(cc21)OCCO3. The first-order chi connectivity index (χ1) is 12.3. The lowest BCUT2D eigenvalue weighted by molar-refractivity contribution is -0.119. The van der Waals surface area contributed by atoms with Crippen LogP contribution in [0, 0.1) is 0 Å². The number of hydrogen-bond donors (Lipinski definition) is 0. The Bertz CT molecular complexity index is 912. The molecule has 8 heteroatoms. The molecule has 0 fully saturated rings. The lowest BCUT2D eigenvalue weighted by atomic mass is 10.2. The van der Waals surface area contributed by atoms with Crippen LogP contribution >= 0.6 is 11.3 Å². The van der Waals surface area contributed by atoms with Crippen molar-refractivity contribution in [1.82, 2.24) is 4.57 Å². The molecular formula is C17H18N2O5S. The van der Waals surface area contributed by atoms with Gasteiger partial charge >= 0.3 is 5.91 Å². The number of hydrogen-bond acceptors (Lipinski definition) is 6. The number of benzene rings is 1. The standard InChI is InChI=1S/C17H18N2O5S/c1-2-3-19-11-8-12-13(23-7-6-22-12)9-15(11)25-17(19)18-16(20)14-10-21-4-5-24-14/h8-10H,2-7H2,1H3. The lowest BCUT2D eigenvalue weighted by Crippen LogP contribution is -2.20. The van der Waals surface area contributed by atoms with Crippen molar-refractivity contribution in [2.45, 2.75) is 19.9 Å². The maximum absolute atomic E-state index is 12.4. The van der Waals surface area contributed by atoms with Gasteiger partial charge in [-0.15, -0.1) is 0 Å². The normalized spacial score (nSPS) is 17.0. The molecule has 2 aromatic rings. The van der Waals surface area contributed by atoms with Crippen LogP contribution in [0.2, 0.25) is 0 Å². The van der Waals surface area contributed by atoms with Crippen molar-refractivity contribution in [1.29, 1.82) is 0 Å². The number of fused-ring (bicyclic) bond motifs is 2. The molecule has 0 saturated heterocycles. The molecular weight excluding hydrogens is 344 g/mol. The zero-order chi connectivity index (χ0) is 17.2. The van der Waals surface area contributed by atoms with Crippen LogP contribution in [0.5, 0.6) is 11.5 Å². The van der Waals surface area contributed by atoms with Gasteiger partial charge in [0.1, 0.15) is 32.7 Å². The van der Waals surface area contributed by atoms with E-state index >= 15 is 0 Å². The highest BCUT2D eigenvalue weighted by Crippen LogP contribution is 2.35. The van der Waals surface area contributed by atoms with Crippen molar-refractivity contribution < 1.29 is 23.7 Å². The third kappa shape index (κ3) is 3.09. The largest absolute Gasteiger partial charge is 0.494 e. The smallest absolute Gasteiger partial charge is 0.317 e. The van der Waals surface area contributed by atoms with Gasteiger partial charge < -0.3 is 23.5 Å². The highest BCUT2D eigenvalue weighted by molar-refractivity contribution is 7.16. The van der Waals surface area contributed by atoms with Gasteiger partial charge in [-0.25, -0.2) is 0 Å². The molecule has 0 atom stereocenters. The number of aryl methyl sites for hydroxylation is 1. The highest BCUT2D eigenvalue weighted by Gasteiger charge is 2.18. The van der Waals surface area contributed by atoms with Gasteiger partial charge in [-0.3, -0.25) is 4.79 Å². The fourth-order valence-corrected chi connectivity index (χ4v) is 3.82. The van der Waals surface area contributed by atoms with E-state index in [9.17, 15) is 4.79 Å². The van der Waals surface area contributed by atoms with E-state index in [1.807, 2.05) is 16.7 Å². The maximum atomic E-state index is 12.4. The van der Waals surface area contributed by atoms with E-state index in [1.165, 1.54) is 17.6 Å². The van der Waals surface area contributed by atoms with E-state index in [4.69, 9.17) is 18.9 Å².